The van der Waals surface area contributed by atoms with Gasteiger partial charge in [0.1, 0.15) is 0 Å². The zero-order chi connectivity index (χ0) is 20.2. The van der Waals surface area contributed by atoms with E-state index in [0.717, 1.165) is 16.8 Å². The van der Waals surface area contributed by atoms with Crippen molar-refractivity contribution in [3.05, 3.63) is 90.0 Å². The number of carbonyl (C=O) groups excluding carboxylic acids is 2. The largest absolute Gasteiger partial charge is 0.301 e. The van der Waals surface area contributed by atoms with E-state index in [1.54, 1.807) is 24.3 Å². The third-order valence-electron chi connectivity index (χ3n) is 6.29. The van der Waals surface area contributed by atoms with Gasteiger partial charge in [-0.1, -0.05) is 42.5 Å². The molecule has 146 valence electrons. The summed E-state index contributed by atoms with van der Waals surface area (Å²) in [6.07, 6.45) is 0. The summed E-state index contributed by atoms with van der Waals surface area (Å²) >= 11 is 0. The molecular formula is C24H18N4O2. The molecule has 3 aromatic rings. The summed E-state index contributed by atoms with van der Waals surface area (Å²) < 4.78 is 0. The number of benzene rings is 3. The number of azo groups is 1. The number of nitrogens with one attached hydrogen (secondary N) is 1. The second-order valence-electron chi connectivity index (χ2n) is 7.87. The van der Waals surface area contributed by atoms with Crippen LogP contribution in [-0.2, 0) is 9.59 Å². The molecule has 0 saturated carbocycles. The maximum Gasteiger partial charge on any atom is 0.239 e. The Labute approximate surface area is 173 Å². The average molecular weight is 394 g/mol. The van der Waals surface area contributed by atoms with Crippen LogP contribution in [0.3, 0.4) is 0 Å². The van der Waals surface area contributed by atoms with Gasteiger partial charge in [0.2, 0.25) is 11.8 Å². The van der Waals surface area contributed by atoms with Gasteiger partial charge in [-0.2, -0.15) is 10.2 Å². The standard InChI is InChI=1S/C24H18N4O2/c29-23-19-20(22-18-9-5-4-8-17(18)21(19)25-22)24(30)28(23)16-12-10-15(11-13-16)27-26-14-6-2-1-3-7-14/h1-13,19-22,25H/t19-,20+,21-,22+. The van der Waals surface area contributed by atoms with Gasteiger partial charge in [-0.15, -0.1) is 0 Å². The molecule has 2 amide bonds. The molecule has 1 N–H and O–H groups in total. The molecule has 6 rings (SSSR count). The Morgan fingerprint density at radius 3 is 1.70 bits per heavy atom. The highest BCUT2D eigenvalue weighted by Crippen LogP contribution is 2.56. The maximum atomic E-state index is 13.2. The lowest BCUT2D eigenvalue weighted by atomic mass is 9.77. The van der Waals surface area contributed by atoms with Crippen LogP contribution in [0.5, 0.6) is 0 Å². The fraction of sp³-hybridized carbons (Fsp3) is 0.167. The van der Waals surface area contributed by atoms with Crippen LogP contribution in [-0.4, -0.2) is 11.8 Å². The molecule has 3 aliphatic rings. The molecule has 0 spiro atoms. The highest BCUT2D eigenvalue weighted by Gasteiger charge is 2.63. The Morgan fingerprint density at radius 1 is 0.633 bits per heavy atom. The van der Waals surface area contributed by atoms with Crippen LogP contribution in [0, 0.1) is 11.8 Å². The summed E-state index contributed by atoms with van der Waals surface area (Å²) in [5, 5.41) is 11.9. The molecule has 3 aromatic carbocycles. The first-order chi connectivity index (χ1) is 14.7. The summed E-state index contributed by atoms with van der Waals surface area (Å²) in [7, 11) is 0. The fourth-order valence-corrected chi connectivity index (χ4v) is 4.99. The molecule has 0 unspecified atom stereocenters. The molecule has 0 radical (unpaired) electrons. The van der Waals surface area contributed by atoms with Crippen molar-refractivity contribution in [3.8, 4) is 0 Å². The van der Waals surface area contributed by atoms with Crippen molar-refractivity contribution in [3.63, 3.8) is 0 Å². The Balaban J connectivity index is 1.27. The number of fused-ring (bicyclic) bond motifs is 8. The smallest absolute Gasteiger partial charge is 0.239 e. The van der Waals surface area contributed by atoms with Gasteiger partial charge < -0.3 is 5.32 Å². The number of hydrogen-bond acceptors (Lipinski definition) is 5. The van der Waals surface area contributed by atoms with Crippen LogP contribution >= 0.6 is 0 Å². The highest BCUT2D eigenvalue weighted by atomic mass is 16.2. The Morgan fingerprint density at radius 2 is 1.13 bits per heavy atom. The van der Waals surface area contributed by atoms with E-state index in [0.29, 0.717) is 11.4 Å². The van der Waals surface area contributed by atoms with E-state index in [1.165, 1.54) is 4.90 Å². The van der Waals surface area contributed by atoms with Gasteiger partial charge in [-0.3, -0.25) is 9.59 Å². The number of anilines is 1. The molecule has 6 heteroatoms. The lowest BCUT2D eigenvalue weighted by Crippen LogP contribution is -2.34. The van der Waals surface area contributed by atoms with Crippen LogP contribution in [0.25, 0.3) is 0 Å². The molecule has 2 saturated heterocycles. The van der Waals surface area contributed by atoms with Crippen LogP contribution < -0.4 is 10.2 Å². The molecule has 4 atom stereocenters. The third kappa shape index (κ3) is 2.40. The summed E-state index contributed by atoms with van der Waals surface area (Å²) in [5.41, 5.74) is 4.30. The molecule has 0 aromatic heterocycles. The van der Waals surface area contributed by atoms with Crippen molar-refractivity contribution in [2.45, 2.75) is 12.1 Å². The first-order valence-electron chi connectivity index (χ1n) is 10.0. The van der Waals surface area contributed by atoms with Gasteiger partial charge in [0, 0.05) is 12.1 Å². The van der Waals surface area contributed by atoms with Crippen molar-refractivity contribution in [1.29, 1.82) is 0 Å². The van der Waals surface area contributed by atoms with Crippen LogP contribution in [0.4, 0.5) is 17.1 Å². The summed E-state index contributed by atoms with van der Waals surface area (Å²) in [5.74, 6) is -0.930. The Kier molecular flexibility index (Phi) is 3.70. The van der Waals surface area contributed by atoms with Crippen molar-refractivity contribution in [2.75, 3.05) is 4.90 Å². The first-order valence-corrected chi connectivity index (χ1v) is 10.0. The van der Waals surface area contributed by atoms with E-state index >= 15 is 0 Å². The van der Waals surface area contributed by atoms with Crippen LogP contribution in [0.15, 0.2) is 89.1 Å². The molecular weight excluding hydrogens is 376 g/mol. The molecule has 3 heterocycles. The molecule has 0 aliphatic carbocycles. The van der Waals surface area contributed by atoms with Crippen LogP contribution in [0.2, 0.25) is 0 Å². The molecule has 2 fully saturated rings. The third-order valence-corrected chi connectivity index (χ3v) is 6.29. The number of imide groups is 1. The van der Waals surface area contributed by atoms with E-state index in [2.05, 4.69) is 27.7 Å². The van der Waals surface area contributed by atoms with Gasteiger partial charge in [0.05, 0.1) is 28.9 Å². The highest BCUT2D eigenvalue weighted by molar-refractivity contribution is 6.23. The minimum absolute atomic E-state index is 0.0865. The minimum atomic E-state index is -0.338. The van der Waals surface area contributed by atoms with Crippen molar-refractivity contribution >= 4 is 28.9 Å². The fourth-order valence-electron chi connectivity index (χ4n) is 4.99. The second-order valence-corrected chi connectivity index (χ2v) is 7.87. The Bertz CT molecular complexity index is 1140. The lowest BCUT2D eigenvalue weighted by Gasteiger charge is -2.21. The predicted molar refractivity (Wildman–Crippen MR) is 112 cm³/mol. The van der Waals surface area contributed by atoms with E-state index < -0.39 is 0 Å². The SMILES string of the molecule is O=C1[C@@H]2[C@H](C(=O)N1c1ccc(N=Nc3ccccc3)cc1)[C@H]1N[C@@H]2c2ccccc21. The molecule has 30 heavy (non-hydrogen) atoms. The van der Waals surface area contributed by atoms with E-state index in [9.17, 15) is 9.59 Å². The minimum Gasteiger partial charge on any atom is -0.301 e. The first kappa shape index (κ1) is 17.2. The van der Waals surface area contributed by atoms with Crippen molar-refractivity contribution in [1.82, 2.24) is 5.32 Å². The summed E-state index contributed by atoms with van der Waals surface area (Å²) in [6.45, 7) is 0. The van der Waals surface area contributed by atoms with E-state index in [-0.39, 0.29) is 35.7 Å². The van der Waals surface area contributed by atoms with Gasteiger partial charge >= 0.3 is 0 Å². The van der Waals surface area contributed by atoms with Crippen LogP contribution in [0.1, 0.15) is 23.2 Å². The van der Waals surface area contributed by atoms with Gasteiger partial charge in [-0.05, 0) is 47.5 Å². The number of carbonyl (C=O) groups is 2. The van der Waals surface area contributed by atoms with E-state index in [1.807, 2.05) is 42.5 Å². The summed E-state index contributed by atoms with van der Waals surface area (Å²) in [4.78, 5) is 27.8. The lowest BCUT2D eigenvalue weighted by molar-refractivity contribution is -0.123. The topological polar surface area (TPSA) is 74.1 Å². The summed E-state index contributed by atoms with van der Waals surface area (Å²) in [6, 6.07) is 24.5. The van der Waals surface area contributed by atoms with E-state index in [4.69, 9.17) is 0 Å². The Hall–Kier alpha value is -3.64. The normalized spacial score (nSPS) is 26.5. The quantitative estimate of drug-likeness (QED) is 0.521. The maximum absolute atomic E-state index is 13.2. The number of amides is 2. The monoisotopic (exact) mass is 394 g/mol. The van der Waals surface area contributed by atoms with Gasteiger partial charge in [0.25, 0.3) is 0 Å². The average Bonchev–Trinajstić information content (AvgIpc) is 3.44. The van der Waals surface area contributed by atoms with Crippen molar-refractivity contribution < 1.29 is 9.59 Å². The van der Waals surface area contributed by atoms with Crippen molar-refractivity contribution in [2.24, 2.45) is 22.1 Å². The second kappa shape index (κ2) is 6.43. The van der Waals surface area contributed by atoms with Gasteiger partial charge in [-0.25, -0.2) is 4.90 Å². The zero-order valence-electron chi connectivity index (χ0n) is 16.0. The number of nitrogens with zero attached hydrogens (tertiary/aromatic N) is 3. The molecule has 6 nitrogen and oxygen atoms in total. The predicted octanol–water partition coefficient (Wildman–Crippen LogP) is 4.61. The zero-order valence-corrected chi connectivity index (χ0v) is 16.0. The van der Waals surface area contributed by atoms with Gasteiger partial charge in [0.15, 0.2) is 0 Å². The number of hydrogen-bond donors (Lipinski definition) is 1. The number of rotatable bonds is 3. The molecule has 3 aliphatic heterocycles. The molecule has 2 bridgehead atoms.